The molecule has 1 amide bonds. The third-order valence-corrected chi connectivity index (χ3v) is 4.94. The van der Waals surface area contributed by atoms with Crippen LogP contribution >= 0.6 is 0 Å². The minimum Gasteiger partial charge on any atom is -0.352 e. The lowest BCUT2D eigenvalue weighted by atomic mass is 10.1. The van der Waals surface area contributed by atoms with E-state index in [9.17, 15) is 9.18 Å². The topological polar surface area (TPSA) is 90.5 Å². The molecular formula is C22H24FN7O. The van der Waals surface area contributed by atoms with Gasteiger partial charge in [0, 0.05) is 19.5 Å². The van der Waals surface area contributed by atoms with Gasteiger partial charge in [0.15, 0.2) is 0 Å². The van der Waals surface area contributed by atoms with Crippen LogP contribution in [0.4, 0.5) is 4.39 Å². The number of aromatic nitrogens is 6. The molecule has 4 rings (SSSR count). The molecule has 0 fully saturated rings. The summed E-state index contributed by atoms with van der Waals surface area (Å²) in [7, 11) is 0. The minimum absolute atomic E-state index is 0.180. The Labute approximate surface area is 179 Å². The Morgan fingerprint density at radius 2 is 2.03 bits per heavy atom. The van der Waals surface area contributed by atoms with Crippen LogP contribution in [-0.2, 0) is 13.0 Å². The Morgan fingerprint density at radius 1 is 1.19 bits per heavy atom. The van der Waals surface area contributed by atoms with Gasteiger partial charge >= 0.3 is 0 Å². The van der Waals surface area contributed by atoms with Crippen LogP contribution in [0.3, 0.4) is 0 Å². The lowest BCUT2D eigenvalue weighted by Crippen LogP contribution is -2.26. The van der Waals surface area contributed by atoms with Crippen molar-refractivity contribution in [1.29, 1.82) is 0 Å². The first-order valence-corrected chi connectivity index (χ1v) is 10.3. The predicted octanol–water partition coefficient (Wildman–Crippen LogP) is 3.17. The summed E-state index contributed by atoms with van der Waals surface area (Å²) >= 11 is 0. The van der Waals surface area contributed by atoms with Gasteiger partial charge in [0.05, 0.1) is 22.3 Å². The van der Waals surface area contributed by atoms with Gasteiger partial charge in [0.25, 0.3) is 5.91 Å². The Balaban J connectivity index is 1.43. The number of carbonyl (C=O) groups is 1. The number of fused-ring (bicyclic) bond motifs is 1. The zero-order valence-electron chi connectivity index (χ0n) is 17.5. The number of aryl methyl sites for hydroxylation is 1. The van der Waals surface area contributed by atoms with Crippen LogP contribution in [0.1, 0.15) is 36.5 Å². The van der Waals surface area contributed by atoms with Crippen molar-refractivity contribution in [2.75, 3.05) is 6.54 Å². The van der Waals surface area contributed by atoms with Crippen molar-refractivity contribution >= 4 is 16.9 Å². The second kappa shape index (κ2) is 9.03. The Morgan fingerprint density at radius 3 is 2.81 bits per heavy atom. The van der Waals surface area contributed by atoms with Crippen molar-refractivity contribution in [2.45, 2.75) is 33.2 Å². The van der Waals surface area contributed by atoms with Crippen LogP contribution in [0.5, 0.6) is 0 Å². The van der Waals surface area contributed by atoms with Crippen molar-refractivity contribution in [3.8, 4) is 5.69 Å². The van der Waals surface area contributed by atoms with Gasteiger partial charge < -0.3 is 9.88 Å². The van der Waals surface area contributed by atoms with Crippen LogP contribution in [0.25, 0.3) is 16.7 Å². The molecule has 0 aliphatic heterocycles. The predicted molar refractivity (Wildman–Crippen MR) is 114 cm³/mol. The number of nitrogens with zero attached hydrogens (tertiary/aromatic N) is 6. The normalized spacial score (nSPS) is 11.4. The molecule has 160 valence electrons. The van der Waals surface area contributed by atoms with E-state index in [0.29, 0.717) is 24.6 Å². The summed E-state index contributed by atoms with van der Waals surface area (Å²) in [6, 6.07) is 12.0. The summed E-state index contributed by atoms with van der Waals surface area (Å²) < 4.78 is 17.3. The number of halogens is 1. The average molecular weight is 421 g/mol. The Hall–Kier alpha value is -3.62. The molecule has 0 unspecified atom stereocenters. The molecule has 4 aromatic rings. The maximum atomic E-state index is 13.8. The SMILES string of the molecule is CC(C)Cn1c(CCCNC(=O)c2cc(F)ccc2-n2cnnn2)nc2ccccc21. The van der Waals surface area contributed by atoms with E-state index in [1.54, 1.807) is 0 Å². The van der Waals surface area contributed by atoms with E-state index in [-0.39, 0.29) is 11.5 Å². The lowest BCUT2D eigenvalue weighted by molar-refractivity contribution is 0.0952. The molecule has 0 aliphatic rings. The molecule has 2 aromatic heterocycles. The molecule has 9 heteroatoms. The molecule has 1 N–H and O–H groups in total. The summed E-state index contributed by atoms with van der Waals surface area (Å²) in [6.45, 7) is 5.69. The van der Waals surface area contributed by atoms with E-state index in [2.05, 4.69) is 45.3 Å². The van der Waals surface area contributed by atoms with Crippen molar-refractivity contribution < 1.29 is 9.18 Å². The number of rotatable bonds is 8. The molecule has 0 spiro atoms. The van der Waals surface area contributed by atoms with Crippen molar-refractivity contribution in [3.63, 3.8) is 0 Å². The fourth-order valence-corrected chi connectivity index (χ4v) is 3.59. The second-order valence-corrected chi connectivity index (χ2v) is 7.80. The molecule has 0 bridgehead atoms. The van der Waals surface area contributed by atoms with E-state index < -0.39 is 5.82 Å². The first-order chi connectivity index (χ1) is 15.0. The van der Waals surface area contributed by atoms with Crippen LogP contribution in [0.15, 0.2) is 48.8 Å². The first-order valence-electron chi connectivity index (χ1n) is 10.3. The third kappa shape index (κ3) is 4.60. The lowest BCUT2D eigenvalue weighted by Gasteiger charge is -2.12. The standard InChI is InChI=1S/C22H24FN7O/c1-15(2)13-29-20-7-4-3-6-18(20)26-21(29)8-5-11-24-22(31)17-12-16(23)9-10-19(17)30-14-25-27-28-30/h3-4,6-7,9-10,12,14-15H,5,8,11,13H2,1-2H3,(H,24,31). The number of benzene rings is 2. The maximum absolute atomic E-state index is 13.8. The highest BCUT2D eigenvalue weighted by molar-refractivity contribution is 5.97. The summed E-state index contributed by atoms with van der Waals surface area (Å²) in [5.74, 6) is 0.628. The number of hydrogen-bond acceptors (Lipinski definition) is 5. The molecule has 0 saturated heterocycles. The minimum atomic E-state index is -0.496. The molecule has 0 radical (unpaired) electrons. The molecule has 8 nitrogen and oxygen atoms in total. The van der Waals surface area contributed by atoms with Gasteiger partial charge in [0.2, 0.25) is 0 Å². The second-order valence-electron chi connectivity index (χ2n) is 7.80. The average Bonchev–Trinajstić information content (AvgIpc) is 3.39. The van der Waals surface area contributed by atoms with Gasteiger partial charge in [0.1, 0.15) is 18.0 Å². The van der Waals surface area contributed by atoms with E-state index in [1.165, 1.54) is 29.2 Å². The molecule has 0 atom stereocenters. The first kappa shape index (κ1) is 20.6. The molecule has 2 heterocycles. The van der Waals surface area contributed by atoms with Gasteiger partial charge in [-0.25, -0.2) is 9.37 Å². The molecule has 0 aliphatic carbocycles. The molecular weight excluding hydrogens is 397 g/mol. The summed E-state index contributed by atoms with van der Waals surface area (Å²) in [4.78, 5) is 17.5. The van der Waals surface area contributed by atoms with E-state index >= 15 is 0 Å². The van der Waals surface area contributed by atoms with Crippen LogP contribution in [0.2, 0.25) is 0 Å². The van der Waals surface area contributed by atoms with Gasteiger partial charge in [-0.05, 0) is 53.1 Å². The Kier molecular flexibility index (Phi) is 6.01. The number of hydrogen-bond donors (Lipinski definition) is 1. The molecule has 0 saturated carbocycles. The van der Waals surface area contributed by atoms with Crippen molar-refractivity contribution in [2.24, 2.45) is 5.92 Å². The number of carbonyl (C=O) groups excluding carboxylic acids is 1. The highest BCUT2D eigenvalue weighted by atomic mass is 19.1. The molecule has 31 heavy (non-hydrogen) atoms. The highest BCUT2D eigenvalue weighted by Crippen LogP contribution is 2.19. The number of tetrazole rings is 1. The zero-order chi connectivity index (χ0) is 21.8. The monoisotopic (exact) mass is 421 g/mol. The van der Waals surface area contributed by atoms with Crippen molar-refractivity contribution in [1.82, 2.24) is 35.1 Å². The molecule has 2 aromatic carbocycles. The quantitative estimate of drug-likeness (QED) is 0.441. The van der Waals surface area contributed by atoms with Gasteiger partial charge in [-0.15, -0.1) is 5.10 Å². The fourth-order valence-electron chi connectivity index (χ4n) is 3.59. The van der Waals surface area contributed by atoms with Crippen LogP contribution in [-0.4, -0.2) is 42.2 Å². The van der Waals surface area contributed by atoms with E-state index in [0.717, 1.165) is 29.8 Å². The van der Waals surface area contributed by atoms with Gasteiger partial charge in [-0.3, -0.25) is 4.79 Å². The number of nitrogens with one attached hydrogen (secondary N) is 1. The summed E-state index contributed by atoms with van der Waals surface area (Å²) in [5, 5.41) is 13.8. The number of imidazole rings is 1. The van der Waals surface area contributed by atoms with Crippen LogP contribution in [0, 0.1) is 11.7 Å². The maximum Gasteiger partial charge on any atom is 0.253 e. The largest absolute Gasteiger partial charge is 0.352 e. The Bertz CT molecular complexity index is 1180. The fraction of sp³-hybridized carbons (Fsp3) is 0.318. The summed E-state index contributed by atoms with van der Waals surface area (Å²) in [6.07, 6.45) is 2.80. The van der Waals surface area contributed by atoms with Crippen LogP contribution < -0.4 is 5.32 Å². The third-order valence-electron chi connectivity index (χ3n) is 4.94. The number of amides is 1. The smallest absolute Gasteiger partial charge is 0.253 e. The summed E-state index contributed by atoms with van der Waals surface area (Å²) in [5.41, 5.74) is 2.70. The zero-order valence-corrected chi connectivity index (χ0v) is 17.5. The van der Waals surface area contributed by atoms with E-state index in [4.69, 9.17) is 4.98 Å². The number of para-hydroxylation sites is 2. The van der Waals surface area contributed by atoms with Crippen molar-refractivity contribution in [3.05, 3.63) is 66.0 Å². The van der Waals surface area contributed by atoms with Gasteiger partial charge in [-0.2, -0.15) is 4.68 Å². The van der Waals surface area contributed by atoms with Gasteiger partial charge in [-0.1, -0.05) is 26.0 Å². The highest BCUT2D eigenvalue weighted by Gasteiger charge is 2.16. The van der Waals surface area contributed by atoms with E-state index in [1.807, 2.05) is 18.2 Å².